The van der Waals surface area contributed by atoms with E-state index in [9.17, 15) is 19.7 Å². The van der Waals surface area contributed by atoms with Gasteiger partial charge in [-0.25, -0.2) is 9.79 Å². The molecule has 0 spiro atoms. The number of benzene rings is 3. The molecule has 0 radical (unpaired) electrons. The van der Waals surface area contributed by atoms with E-state index in [0.717, 1.165) is 11.3 Å². The summed E-state index contributed by atoms with van der Waals surface area (Å²) < 4.78 is 24.3. The Morgan fingerprint density at radius 3 is 2.49 bits per heavy atom. The molecule has 3 aromatic carbocycles. The van der Waals surface area contributed by atoms with Crippen LogP contribution in [0.3, 0.4) is 0 Å². The van der Waals surface area contributed by atoms with Crippen LogP contribution in [0.5, 0.6) is 11.5 Å². The van der Waals surface area contributed by atoms with Crippen molar-refractivity contribution >= 4 is 34.8 Å². The summed E-state index contributed by atoms with van der Waals surface area (Å²) in [7, 11) is 3.04. The quantitative estimate of drug-likeness (QED) is 0.117. The topological polar surface area (TPSA) is 135 Å². The number of nitrogens with zero attached hydrogens (tertiary/aromatic N) is 3. The van der Waals surface area contributed by atoms with Crippen molar-refractivity contribution in [2.75, 3.05) is 20.8 Å². The maximum Gasteiger partial charge on any atom is 0.338 e. The Kier molecular flexibility index (Phi) is 8.59. The van der Waals surface area contributed by atoms with Crippen LogP contribution in [0.4, 0.5) is 5.69 Å². The Hall–Kier alpha value is -5.75. The minimum Gasteiger partial charge on any atom is -0.493 e. The monoisotopic (exact) mass is 651 g/mol. The molecule has 6 rings (SSSR count). The summed E-state index contributed by atoms with van der Waals surface area (Å²) in [6, 6.07) is 21.8. The van der Waals surface area contributed by atoms with Crippen LogP contribution in [-0.2, 0) is 9.53 Å². The molecule has 5 aromatic rings. The number of hydrogen-bond acceptors (Lipinski definition) is 10. The number of rotatable bonds is 9. The first-order valence-corrected chi connectivity index (χ1v) is 15.4. The van der Waals surface area contributed by atoms with Crippen LogP contribution in [-0.4, -0.2) is 36.3 Å². The van der Waals surface area contributed by atoms with Crippen molar-refractivity contribution in [1.29, 1.82) is 0 Å². The van der Waals surface area contributed by atoms with Gasteiger partial charge in [0.1, 0.15) is 11.5 Å². The van der Waals surface area contributed by atoms with Gasteiger partial charge in [-0.1, -0.05) is 59.9 Å². The zero-order valence-electron chi connectivity index (χ0n) is 25.9. The molecule has 0 saturated carbocycles. The second-order valence-corrected chi connectivity index (χ2v) is 11.5. The van der Waals surface area contributed by atoms with Crippen molar-refractivity contribution in [1.82, 2.24) is 4.57 Å². The summed E-state index contributed by atoms with van der Waals surface area (Å²) in [5, 5.41) is 11.5. The number of nitro groups is 1. The van der Waals surface area contributed by atoms with Gasteiger partial charge in [0.2, 0.25) is 0 Å². The normalized spacial score (nSPS) is 14.4. The highest BCUT2D eigenvalue weighted by Crippen LogP contribution is 2.38. The number of methoxy groups -OCH3 is 2. The number of esters is 1. The lowest BCUT2D eigenvalue weighted by Gasteiger charge is -2.26. The average molecular weight is 652 g/mol. The molecule has 1 atom stereocenters. The predicted molar refractivity (Wildman–Crippen MR) is 176 cm³/mol. The lowest BCUT2D eigenvalue weighted by Crippen LogP contribution is -2.40. The highest BCUT2D eigenvalue weighted by atomic mass is 32.1. The molecule has 0 saturated heterocycles. The first-order chi connectivity index (χ1) is 22.7. The van der Waals surface area contributed by atoms with Crippen LogP contribution >= 0.6 is 11.3 Å². The van der Waals surface area contributed by atoms with Crippen LogP contribution in [0.25, 0.3) is 23.1 Å². The smallest absolute Gasteiger partial charge is 0.338 e. The Labute approximate surface area is 272 Å². The van der Waals surface area contributed by atoms with Gasteiger partial charge in [0.25, 0.3) is 11.2 Å². The van der Waals surface area contributed by atoms with E-state index in [-0.39, 0.29) is 17.9 Å². The number of furan rings is 1. The molecule has 0 bridgehead atoms. The molecular weight excluding hydrogens is 622 g/mol. The lowest BCUT2D eigenvalue weighted by atomic mass is 9.93. The zero-order valence-corrected chi connectivity index (χ0v) is 26.7. The summed E-state index contributed by atoms with van der Waals surface area (Å²) >= 11 is 1.15. The second kappa shape index (κ2) is 12.9. The van der Waals surface area contributed by atoms with Crippen LogP contribution in [0.1, 0.15) is 35.4 Å². The van der Waals surface area contributed by atoms with Gasteiger partial charge in [0, 0.05) is 28.8 Å². The van der Waals surface area contributed by atoms with E-state index in [2.05, 4.69) is 0 Å². The van der Waals surface area contributed by atoms with Gasteiger partial charge in [0.05, 0.1) is 47.6 Å². The van der Waals surface area contributed by atoms with Gasteiger partial charge in [-0.15, -0.1) is 0 Å². The number of carbonyl (C=O) groups is 1. The Morgan fingerprint density at radius 2 is 1.79 bits per heavy atom. The van der Waals surface area contributed by atoms with Crippen molar-refractivity contribution in [3.8, 4) is 22.8 Å². The van der Waals surface area contributed by atoms with Crippen LogP contribution in [0, 0.1) is 17.0 Å². The standard InChI is InChI=1S/C35H29N3O8S/c1-5-45-34(40)30-31(21-9-7-6-8-10-21)36-35-37(32(30)23-13-15-27(43-3)28(18-23)44-4)33(39)29(47-35)19-24-14-16-26(46-24)22-12-11-20(2)25(17-22)38(41)42/h6-19,32H,5H2,1-4H3/b29-19-/t32-/m0/s1. The van der Waals surface area contributed by atoms with E-state index in [1.54, 1.807) is 62.4 Å². The first-order valence-electron chi connectivity index (χ1n) is 14.6. The Morgan fingerprint density at radius 1 is 1.02 bits per heavy atom. The van der Waals surface area contributed by atoms with E-state index >= 15 is 0 Å². The Balaban J connectivity index is 1.55. The van der Waals surface area contributed by atoms with Gasteiger partial charge in [-0.3, -0.25) is 19.5 Å². The summed E-state index contributed by atoms with van der Waals surface area (Å²) in [6.07, 6.45) is 1.60. The van der Waals surface area contributed by atoms with E-state index in [1.807, 2.05) is 30.3 Å². The molecule has 0 amide bonds. The number of thiazole rings is 1. The number of ether oxygens (including phenoxy) is 3. The molecule has 47 heavy (non-hydrogen) atoms. The van der Waals surface area contributed by atoms with E-state index in [0.29, 0.717) is 60.3 Å². The van der Waals surface area contributed by atoms with Gasteiger partial charge < -0.3 is 18.6 Å². The molecule has 3 heterocycles. The molecule has 1 aliphatic heterocycles. The number of hydrogen-bond donors (Lipinski definition) is 0. The largest absolute Gasteiger partial charge is 0.493 e. The van der Waals surface area contributed by atoms with Crippen molar-refractivity contribution in [2.45, 2.75) is 19.9 Å². The molecular formula is C35H29N3O8S. The summed E-state index contributed by atoms with van der Waals surface area (Å²) in [4.78, 5) is 44.2. The zero-order chi connectivity index (χ0) is 33.2. The fourth-order valence-electron chi connectivity index (χ4n) is 5.45. The first kappa shape index (κ1) is 31.2. The third-order valence-corrected chi connectivity index (χ3v) is 8.67. The third-order valence-electron chi connectivity index (χ3n) is 7.69. The number of aromatic nitrogens is 1. The molecule has 2 aromatic heterocycles. The minimum absolute atomic E-state index is 0.0180. The molecule has 0 fully saturated rings. The number of carbonyl (C=O) groups excluding carboxylic acids is 1. The molecule has 12 heteroatoms. The molecule has 0 unspecified atom stereocenters. The average Bonchev–Trinajstić information content (AvgIpc) is 3.68. The van der Waals surface area contributed by atoms with Crippen molar-refractivity contribution in [2.24, 2.45) is 4.99 Å². The maximum atomic E-state index is 14.2. The maximum absolute atomic E-state index is 14.2. The Bertz CT molecular complexity index is 2230. The molecule has 238 valence electrons. The molecule has 0 N–H and O–H groups in total. The number of nitro benzene ring substituents is 1. The highest BCUT2D eigenvalue weighted by Gasteiger charge is 2.35. The SMILES string of the molecule is CCOC(=O)C1=C(c2ccccc2)N=c2s/c(=C\c3ccc(-c4ccc(C)c([N+](=O)[O-])c4)o3)c(=O)n2[C@H]1c1ccc(OC)c(OC)c1. The van der Waals surface area contributed by atoms with Crippen LogP contribution < -0.4 is 24.4 Å². The fourth-order valence-corrected chi connectivity index (χ4v) is 6.43. The minimum atomic E-state index is -0.914. The van der Waals surface area contributed by atoms with Gasteiger partial charge in [-0.05, 0) is 43.7 Å². The molecule has 11 nitrogen and oxygen atoms in total. The summed E-state index contributed by atoms with van der Waals surface area (Å²) in [6.45, 7) is 3.51. The van der Waals surface area contributed by atoms with Gasteiger partial charge in [0.15, 0.2) is 16.3 Å². The molecule has 1 aliphatic rings. The van der Waals surface area contributed by atoms with Crippen molar-refractivity contribution < 1.29 is 28.3 Å². The molecule has 0 aliphatic carbocycles. The predicted octanol–water partition coefficient (Wildman–Crippen LogP) is 5.43. The number of aryl methyl sites for hydroxylation is 1. The third kappa shape index (κ3) is 5.86. The van der Waals surface area contributed by atoms with Crippen molar-refractivity contribution in [3.63, 3.8) is 0 Å². The van der Waals surface area contributed by atoms with Crippen LogP contribution in [0.2, 0.25) is 0 Å². The number of fused-ring (bicyclic) bond motifs is 1. The van der Waals surface area contributed by atoms with E-state index in [1.165, 1.54) is 24.9 Å². The second-order valence-electron chi connectivity index (χ2n) is 10.5. The lowest BCUT2D eigenvalue weighted by molar-refractivity contribution is -0.385. The summed E-state index contributed by atoms with van der Waals surface area (Å²) in [5.41, 5.74) is 2.51. The highest BCUT2D eigenvalue weighted by molar-refractivity contribution is 7.07. The summed E-state index contributed by atoms with van der Waals surface area (Å²) in [5.74, 6) is 1.08. The van der Waals surface area contributed by atoms with E-state index < -0.39 is 22.5 Å². The fraction of sp³-hybridized carbons (Fsp3) is 0.171. The van der Waals surface area contributed by atoms with Crippen molar-refractivity contribution in [3.05, 3.63) is 137 Å². The van der Waals surface area contributed by atoms with E-state index in [4.69, 9.17) is 23.6 Å². The van der Waals surface area contributed by atoms with Crippen LogP contribution in [0.15, 0.2) is 98.6 Å². The van der Waals surface area contributed by atoms with Gasteiger partial charge in [-0.2, -0.15) is 0 Å². The van der Waals surface area contributed by atoms with Gasteiger partial charge >= 0.3 is 5.97 Å².